The molecule has 29 heavy (non-hydrogen) atoms. The molecule has 0 saturated heterocycles. The number of benzene rings is 1. The molecule has 0 radical (unpaired) electrons. The highest BCUT2D eigenvalue weighted by molar-refractivity contribution is 8.00. The van der Waals surface area contributed by atoms with Gasteiger partial charge in [0.15, 0.2) is 0 Å². The minimum absolute atomic E-state index is 0.179. The smallest absolute Gasteiger partial charge is 0.341 e. The van der Waals surface area contributed by atoms with Crippen LogP contribution in [0.3, 0.4) is 0 Å². The molecule has 0 fully saturated rings. The van der Waals surface area contributed by atoms with Crippen LogP contribution in [0.4, 0.5) is 5.00 Å². The van der Waals surface area contributed by atoms with Crippen LogP contribution in [0.25, 0.3) is 10.4 Å². The predicted molar refractivity (Wildman–Crippen MR) is 121 cm³/mol. The van der Waals surface area contributed by atoms with Gasteiger partial charge in [-0.3, -0.25) is 4.79 Å². The first-order chi connectivity index (χ1) is 14.1. The molecular weight excluding hydrogens is 426 g/mol. The average molecular weight is 448 g/mol. The number of carbonyl (C=O) groups is 2. The number of nitrogens with one attached hydrogen (secondary N) is 1. The van der Waals surface area contributed by atoms with Crippen molar-refractivity contribution in [2.75, 3.05) is 23.4 Å². The maximum absolute atomic E-state index is 12.5. The topological polar surface area (TPSA) is 75.6 Å². The summed E-state index contributed by atoms with van der Waals surface area (Å²) in [4.78, 5) is 25.8. The van der Waals surface area contributed by atoms with E-state index in [0.29, 0.717) is 16.3 Å². The Labute approximate surface area is 181 Å². The third-order valence-corrected chi connectivity index (χ3v) is 6.82. The number of thiophene rings is 2. The van der Waals surface area contributed by atoms with Gasteiger partial charge in [0, 0.05) is 21.6 Å². The maximum atomic E-state index is 12.5. The van der Waals surface area contributed by atoms with Gasteiger partial charge < -0.3 is 15.2 Å². The molecule has 2 heterocycles. The van der Waals surface area contributed by atoms with E-state index in [4.69, 9.17) is 4.74 Å². The number of hydrogen-bond acceptors (Lipinski definition) is 7. The molecule has 1 atom stereocenters. The number of amides is 1. The Morgan fingerprint density at radius 2 is 1.97 bits per heavy atom. The molecular formula is C21H21NO4S3. The number of ether oxygens (including phenoxy) is 1. The lowest BCUT2D eigenvalue weighted by Crippen LogP contribution is -2.17. The zero-order valence-corrected chi connectivity index (χ0v) is 18.2. The summed E-state index contributed by atoms with van der Waals surface area (Å²) < 4.78 is 5.19. The minimum atomic E-state index is -0.628. The van der Waals surface area contributed by atoms with E-state index < -0.39 is 12.1 Å². The Bertz CT molecular complexity index is 938. The Morgan fingerprint density at radius 1 is 1.17 bits per heavy atom. The van der Waals surface area contributed by atoms with Gasteiger partial charge in [0.2, 0.25) is 5.91 Å². The zero-order valence-electron chi connectivity index (χ0n) is 15.8. The lowest BCUT2D eigenvalue weighted by molar-refractivity contribution is -0.113. The van der Waals surface area contributed by atoms with Gasteiger partial charge >= 0.3 is 5.97 Å². The van der Waals surface area contributed by atoms with E-state index in [1.807, 2.05) is 53.2 Å². The van der Waals surface area contributed by atoms with E-state index in [-0.39, 0.29) is 18.3 Å². The van der Waals surface area contributed by atoms with Gasteiger partial charge in [-0.05, 0) is 23.9 Å². The number of esters is 1. The number of hydrogen-bond donors (Lipinski definition) is 2. The Hall–Kier alpha value is -2.13. The molecule has 3 rings (SSSR count). The fraction of sp³-hybridized carbons (Fsp3) is 0.238. The van der Waals surface area contributed by atoms with Gasteiger partial charge in [0.25, 0.3) is 0 Å². The van der Waals surface area contributed by atoms with Crippen molar-refractivity contribution < 1.29 is 19.4 Å². The number of thioether (sulfide) groups is 1. The molecule has 0 aliphatic carbocycles. The van der Waals surface area contributed by atoms with Crippen LogP contribution >= 0.6 is 34.4 Å². The zero-order chi connectivity index (χ0) is 20.6. The van der Waals surface area contributed by atoms with Crippen molar-refractivity contribution in [2.24, 2.45) is 0 Å². The van der Waals surface area contributed by atoms with Crippen molar-refractivity contribution in [1.29, 1.82) is 0 Å². The van der Waals surface area contributed by atoms with Crippen molar-refractivity contribution in [3.63, 3.8) is 0 Å². The minimum Gasteiger partial charge on any atom is -0.462 e. The summed E-state index contributed by atoms with van der Waals surface area (Å²) in [6.07, 6.45) is -0.628. The standard InChI is InChI=1S/C21H21NO4S3/c1-2-26-21(25)19-15(17-9-6-10-28-17)11-29-20(19)22-18(24)13-27-12-16(23)14-7-4-3-5-8-14/h3-11,16,23H,2,12-13H2,1H3,(H,22,24). The largest absolute Gasteiger partial charge is 0.462 e. The van der Waals surface area contributed by atoms with Gasteiger partial charge in [-0.15, -0.1) is 34.4 Å². The molecule has 2 aromatic heterocycles. The number of anilines is 1. The Balaban J connectivity index is 1.63. The Morgan fingerprint density at radius 3 is 2.66 bits per heavy atom. The third kappa shape index (κ3) is 5.70. The second kappa shape index (κ2) is 10.6. The second-order valence-corrected chi connectivity index (χ2v) is 8.90. The number of rotatable bonds is 9. The van der Waals surface area contributed by atoms with Gasteiger partial charge in [0.1, 0.15) is 10.6 Å². The number of carbonyl (C=O) groups excluding carboxylic acids is 2. The summed E-state index contributed by atoms with van der Waals surface area (Å²) in [6.45, 7) is 2.02. The summed E-state index contributed by atoms with van der Waals surface area (Å²) in [7, 11) is 0. The average Bonchev–Trinajstić information content (AvgIpc) is 3.38. The summed E-state index contributed by atoms with van der Waals surface area (Å²) in [5.74, 6) is -0.0779. The summed E-state index contributed by atoms with van der Waals surface area (Å²) in [5, 5.41) is 17.3. The van der Waals surface area contributed by atoms with Crippen LogP contribution < -0.4 is 5.32 Å². The van der Waals surface area contributed by atoms with Crippen LogP contribution in [-0.2, 0) is 9.53 Å². The molecule has 5 nitrogen and oxygen atoms in total. The highest BCUT2D eigenvalue weighted by Gasteiger charge is 2.23. The van der Waals surface area contributed by atoms with Gasteiger partial charge in [-0.25, -0.2) is 4.79 Å². The molecule has 3 aromatic rings. The van der Waals surface area contributed by atoms with E-state index in [2.05, 4.69) is 5.32 Å². The van der Waals surface area contributed by atoms with E-state index in [1.54, 1.807) is 6.92 Å². The fourth-order valence-corrected chi connectivity index (χ4v) is 5.25. The third-order valence-electron chi connectivity index (χ3n) is 4.00. The SMILES string of the molecule is CCOC(=O)c1c(-c2cccs2)csc1NC(=O)CSCC(O)c1ccccc1. The summed E-state index contributed by atoms with van der Waals surface area (Å²) in [5.41, 5.74) is 1.98. The lowest BCUT2D eigenvalue weighted by Gasteiger charge is -2.11. The molecule has 0 aliphatic heterocycles. The highest BCUT2D eigenvalue weighted by Crippen LogP contribution is 2.38. The first-order valence-electron chi connectivity index (χ1n) is 9.03. The van der Waals surface area contributed by atoms with E-state index in [9.17, 15) is 14.7 Å². The van der Waals surface area contributed by atoms with Crippen molar-refractivity contribution in [3.8, 4) is 10.4 Å². The normalized spacial score (nSPS) is 11.8. The van der Waals surface area contributed by atoms with E-state index >= 15 is 0 Å². The maximum Gasteiger partial charge on any atom is 0.341 e. The lowest BCUT2D eigenvalue weighted by atomic mass is 10.1. The molecule has 0 aliphatic rings. The summed E-state index contributed by atoms with van der Waals surface area (Å²) in [6, 6.07) is 13.2. The number of aliphatic hydroxyl groups excluding tert-OH is 1. The van der Waals surface area contributed by atoms with Crippen LogP contribution in [0.1, 0.15) is 28.9 Å². The van der Waals surface area contributed by atoms with Crippen molar-refractivity contribution in [1.82, 2.24) is 0 Å². The molecule has 1 aromatic carbocycles. The monoisotopic (exact) mass is 447 g/mol. The predicted octanol–water partition coefficient (Wildman–Crippen LogP) is 5.06. The second-order valence-electron chi connectivity index (χ2n) is 6.04. The van der Waals surface area contributed by atoms with Crippen LogP contribution in [0.15, 0.2) is 53.2 Å². The quantitative estimate of drug-likeness (QED) is 0.449. The molecule has 0 saturated carbocycles. The first-order valence-corrected chi connectivity index (χ1v) is 11.9. The summed E-state index contributed by atoms with van der Waals surface area (Å²) >= 11 is 4.18. The first kappa shape index (κ1) is 21.6. The van der Waals surface area contributed by atoms with Crippen molar-refractivity contribution in [3.05, 3.63) is 64.4 Å². The van der Waals surface area contributed by atoms with Crippen molar-refractivity contribution in [2.45, 2.75) is 13.0 Å². The van der Waals surface area contributed by atoms with Crippen LogP contribution in [-0.4, -0.2) is 35.1 Å². The van der Waals surface area contributed by atoms with Crippen LogP contribution in [0.2, 0.25) is 0 Å². The van der Waals surface area contributed by atoms with Gasteiger partial charge in [0.05, 0.1) is 18.5 Å². The highest BCUT2D eigenvalue weighted by atomic mass is 32.2. The van der Waals surface area contributed by atoms with E-state index in [1.165, 1.54) is 34.4 Å². The van der Waals surface area contributed by atoms with Gasteiger partial charge in [-0.2, -0.15) is 0 Å². The van der Waals surface area contributed by atoms with Crippen LogP contribution in [0, 0.1) is 0 Å². The number of aliphatic hydroxyl groups is 1. The fourth-order valence-electron chi connectivity index (χ4n) is 2.67. The van der Waals surface area contributed by atoms with Gasteiger partial charge in [-0.1, -0.05) is 36.4 Å². The van der Waals surface area contributed by atoms with Crippen LogP contribution in [0.5, 0.6) is 0 Å². The molecule has 2 N–H and O–H groups in total. The molecule has 0 spiro atoms. The Kier molecular flexibility index (Phi) is 7.88. The molecule has 152 valence electrons. The molecule has 1 amide bonds. The van der Waals surface area contributed by atoms with E-state index in [0.717, 1.165) is 16.0 Å². The molecule has 8 heteroatoms. The van der Waals surface area contributed by atoms with Crippen molar-refractivity contribution >= 4 is 51.3 Å². The molecule has 1 unspecified atom stereocenters. The molecule has 0 bridgehead atoms.